The molecule has 1 fully saturated rings. The van der Waals surface area contributed by atoms with Gasteiger partial charge in [0, 0.05) is 25.6 Å². The van der Waals surface area contributed by atoms with Gasteiger partial charge < -0.3 is 5.32 Å². The van der Waals surface area contributed by atoms with Crippen molar-refractivity contribution in [2.75, 3.05) is 26.2 Å². The maximum atomic E-state index is 8.34. The van der Waals surface area contributed by atoms with Crippen LogP contribution in [0.5, 0.6) is 0 Å². The molecule has 80 valence electrons. The van der Waals surface area contributed by atoms with Crippen LogP contribution < -0.4 is 5.32 Å². The molecule has 0 radical (unpaired) electrons. The van der Waals surface area contributed by atoms with Crippen molar-refractivity contribution in [1.82, 2.24) is 10.2 Å². The summed E-state index contributed by atoms with van der Waals surface area (Å²) in [6.07, 6.45) is 4.43. The zero-order chi connectivity index (χ0) is 10.2. The highest BCUT2D eigenvalue weighted by atomic mass is 15.2. The summed E-state index contributed by atoms with van der Waals surface area (Å²) in [4.78, 5) is 2.54. The summed E-state index contributed by atoms with van der Waals surface area (Å²) in [6.45, 7) is 6.61. The molecule has 14 heavy (non-hydrogen) atoms. The van der Waals surface area contributed by atoms with Crippen LogP contribution in [-0.4, -0.2) is 37.1 Å². The fraction of sp³-hybridized carbons (Fsp3) is 0.909. The first kappa shape index (κ1) is 11.5. The minimum Gasteiger partial charge on any atom is -0.315 e. The fourth-order valence-electron chi connectivity index (χ4n) is 1.68. The minimum atomic E-state index is 0.674. The predicted octanol–water partition coefficient (Wildman–Crippen LogP) is 1.36. The summed E-state index contributed by atoms with van der Waals surface area (Å²) in [7, 11) is 0. The normalized spacial score (nSPS) is 15.8. The van der Waals surface area contributed by atoms with Crippen LogP contribution in [0, 0.1) is 11.3 Å². The molecule has 0 aromatic carbocycles. The lowest BCUT2D eigenvalue weighted by Gasteiger charge is -2.19. The fourth-order valence-corrected chi connectivity index (χ4v) is 1.68. The van der Waals surface area contributed by atoms with Crippen LogP contribution in [0.4, 0.5) is 0 Å². The average molecular weight is 195 g/mol. The Morgan fingerprint density at radius 2 is 2.21 bits per heavy atom. The number of hydrogen-bond acceptors (Lipinski definition) is 3. The Morgan fingerprint density at radius 1 is 1.43 bits per heavy atom. The third kappa shape index (κ3) is 4.59. The minimum absolute atomic E-state index is 0.674. The van der Waals surface area contributed by atoms with Gasteiger partial charge in [-0.3, -0.25) is 4.90 Å². The Kier molecular flexibility index (Phi) is 5.58. The quantitative estimate of drug-likeness (QED) is 0.594. The van der Waals surface area contributed by atoms with Crippen molar-refractivity contribution >= 4 is 0 Å². The van der Waals surface area contributed by atoms with Gasteiger partial charge in [0.15, 0.2) is 0 Å². The van der Waals surface area contributed by atoms with Crippen molar-refractivity contribution in [2.24, 2.45) is 0 Å². The summed E-state index contributed by atoms with van der Waals surface area (Å²) < 4.78 is 0. The Hall–Kier alpha value is -0.590. The van der Waals surface area contributed by atoms with Crippen LogP contribution in [-0.2, 0) is 0 Å². The highest BCUT2D eigenvalue weighted by Gasteiger charge is 2.26. The summed E-state index contributed by atoms with van der Waals surface area (Å²) in [6, 6.07) is 3.03. The molecule has 0 atom stereocenters. The van der Waals surface area contributed by atoms with E-state index in [1.165, 1.54) is 19.4 Å². The first-order chi connectivity index (χ1) is 6.88. The lowest BCUT2D eigenvalue weighted by atomic mass is 10.3. The van der Waals surface area contributed by atoms with Crippen LogP contribution in [0.1, 0.15) is 32.6 Å². The molecule has 0 aromatic rings. The van der Waals surface area contributed by atoms with E-state index in [1.807, 2.05) is 0 Å². The van der Waals surface area contributed by atoms with Gasteiger partial charge in [-0.25, -0.2) is 0 Å². The van der Waals surface area contributed by atoms with Gasteiger partial charge in [-0.1, -0.05) is 6.92 Å². The van der Waals surface area contributed by atoms with Crippen LogP contribution in [0.15, 0.2) is 0 Å². The molecule has 0 heterocycles. The van der Waals surface area contributed by atoms with E-state index in [2.05, 4.69) is 23.2 Å². The average Bonchev–Trinajstić information content (AvgIpc) is 3.01. The molecule has 0 aromatic heterocycles. The van der Waals surface area contributed by atoms with Crippen LogP contribution in [0.3, 0.4) is 0 Å². The number of unbranched alkanes of at least 4 members (excludes halogenated alkanes) is 1. The SMILES string of the molecule is CCN(CCNCCCC#N)C1CC1. The van der Waals surface area contributed by atoms with Gasteiger partial charge in [0.25, 0.3) is 0 Å². The van der Waals surface area contributed by atoms with E-state index in [-0.39, 0.29) is 0 Å². The monoisotopic (exact) mass is 195 g/mol. The molecule has 1 rings (SSSR count). The maximum Gasteiger partial charge on any atom is 0.0622 e. The van der Waals surface area contributed by atoms with Gasteiger partial charge in [0.05, 0.1) is 6.07 Å². The first-order valence-corrected chi connectivity index (χ1v) is 5.70. The molecular weight excluding hydrogens is 174 g/mol. The molecular formula is C11H21N3. The van der Waals surface area contributed by atoms with Crippen LogP contribution in [0.2, 0.25) is 0 Å². The number of nitrogens with one attached hydrogen (secondary N) is 1. The van der Waals surface area contributed by atoms with Crippen LogP contribution >= 0.6 is 0 Å². The van der Waals surface area contributed by atoms with E-state index in [1.54, 1.807) is 0 Å². The van der Waals surface area contributed by atoms with Crippen molar-refractivity contribution in [2.45, 2.75) is 38.6 Å². The molecule has 0 aliphatic heterocycles. The molecule has 0 amide bonds. The zero-order valence-electron chi connectivity index (χ0n) is 9.13. The molecule has 0 spiro atoms. The lowest BCUT2D eigenvalue weighted by Crippen LogP contribution is -2.33. The molecule has 1 N–H and O–H groups in total. The lowest BCUT2D eigenvalue weighted by molar-refractivity contribution is 0.277. The second-order valence-corrected chi connectivity index (χ2v) is 3.87. The zero-order valence-corrected chi connectivity index (χ0v) is 9.13. The van der Waals surface area contributed by atoms with Gasteiger partial charge in [0.2, 0.25) is 0 Å². The second kappa shape index (κ2) is 6.80. The highest BCUT2D eigenvalue weighted by Crippen LogP contribution is 2.25. The van der Waals surface area contributed by atoms with Crippen molar-refractivity contribution in [1.29, 1.82) is 5.26 Å². The Labute approximate surface area is 87.1 Å². The topological polar surface area (TPSA) is 39.1 Å². The molecule has 1 aliphatic carbocycles. The number of hydrogen-bond donors (Lipinski definition) is 1. The smallest absolute Gasteiger partial charge is 0.0622 e. The molecule has 0 bridgehead atoms. The number of nitrogens with zero attached hydrogens (tertiary/aromatic N) is 2. The largest absolute Gasteiger partial charge is 0.315 e. The second-order valence-electron chi connectivity index (χ2n) is 3.87. The summed E-state index contributed by atoms with van der Waals surface area (Å²) in [5.41, 5.74) is 0. The summed E-state index contributed by atoms with van der Waals surface area (Å²) in [5.74, 6) is 0. The van der Waals surface area contributed by atoms with Crippen LogP contribution in [0.25, 0.3) is 0 Å². The summed E-state index contributed by atoms with van der Waals surface area (Å²) >= 11 is 0. The molecule has 0 saturated heterocycles. The third-order valence-corrected chi connectivity index (χ3v) is 2.69. The van der Waals surface area contributed by atoms with E-state index in [4.69, 9.17) is 5.26 Å². The van der Waals surface area contributed by atoms with Gasteiger partial charge >= 0.3 is 0 Å². The molecule has 1 aliphatic rings. The van der Waals surface area contributed by atoms with Crippen molar-refractivity contribution in [3.63, 3.8) is 0 Å². The van der Waals surface area contributed by atoms with Crippen molar-refractivity contribution < 1.29 is 0 Å². The van der Waals surface area contributed by atoms with Crippen molar-refractivity contribution in [3.05, 3.63) is 0 Å². The van der Waals surface area contributed by atoms with Gasteiger partial charge in [-0.2, -0.15) is 5.26 Å². The summed E-state index contributed by atoms with van der Waals surface area (Å²) in [5, 5.41) is 11.7. The Morgan fingerprint density at radius 3 is 2.79 bits per heavy atom. The van der Waals surface area contributed by atoms with Crippen molar-refractivity contribution in [3.8, 4) is 6.07 Å². The highest BCUT2D eigenvalue weighted by molar-refractivity contribution is 4.83. The number of likely N-dealkylation sites (N-methyl/N-ethyl adjacent to an activating group) is 1. The molecule has 3 nitrogen and oxygen atoms in total. The maximum absolute atomic E-state index is 8.34. The Balaban J connectivity index is 1.89. The molecule has 3 heteroatoms. The standard InChI is InChI=1S/C11H21N3/c1-2-14(11-5-6-11)10-9-13-8-4-3-7-12/h11,13H,2-6,8-10H2,1H3. The molecule has 1 saturated carbocycles. The Bertz CT molecular complexity index is 181. The third-order valence-electron chi connectivity index (χ3n) is 2.69. The van der Waals surface area contributed by atoms with E-state index in [0.29, 0.717) is 6.42 Å². The van der Waals surface area contributed by atoms with E-state index < -0.39 is 0 Å². The van der Waals surface area contributed by atoms with Gasteiger partial charge in [-0.15, -0.1) is 0 Å². The number of nitriles is 1. The molecule has 0 unspecified atom stereocenters. The van der Waals surface area contributed by atoms with E-state index in [9.17, 15) is 0 Å². The first-order valence-electron chi connectivity index (χ1n) is 5.70. The predicted molar refractivity (Wildman–Crippen MR) is 58.0 cm³/mol. The van der Waals surface area contributed by atoms with Gasteiger partial charge in [0.1, 0.15) is 0 Å². The van der Waals surface area contributed by atoms with E-state index in [0.717, 1.165) is 32.1 Å². The van der Waals surface area contributed by atoms with Gasteiger partial charge in [-0.05, 0) is 32.4 Å². The number of rotatable bonds is 8. The van der Waals surface area contributed by atoms with E-state index >= 15 is 0 Å².